The molecule has 2 unspecified atom stereocenters. The van der Waals surface area contributed by atoms with E-state index in [1.54, 1.807) is 12.1 Å². The van der Waals surface area contributed by atoms with Crippen molar-refractivity contribution in [2.75, 3.05) is 7.11 Å². The van der Waals surface area contributed by atoms with Crippen molar-refractivity contribution in [3.63, 3.8) is 0 Å². The Labute approximate surface area is 108 Å². The molecule has 3 nitrogen and oxygen atoms in total. The second-order valence-corrected chi connectivity index (χ2v) is 4.25. The van der Waals surface area contributed by atoms with Crippen molar-refractivity contribution < 1.29 is 9.13 Å². The van der Waals surface area contributed by atoms with E-state index in [9.17, 15) is 4.39 Å². The van der Waals surface area contributed by atoms with Crippen molar-refractivity contribution in [2.45, 2.75) is 38.8 Å². The number of nitrogens with one attached hydrogen (secondary N) is 1. The molecule has 1 N–H and O–H groups in total. The van der Waals surface area contributed by atoms with E-state index in [1.165, 1.54) is 13.2 Å². The second-order valence-electron chi connectivity index (χ2n) is 4.25. The van der Waals surface area contributed by atoms with Gasteiger partial charge in [-0.2, -0.15) is 5.26 Å². The van der Waals surface area contributed by atoms with E-state index >= 15 is 0 Å². The molecule has 0 fully saturated rings. The molecule has 0 saturated heterocycles. The quantitative estimate of drug-likeness (QED) is 0.843. The molecule has 0 heterocycles. The van der Waals surface area contributed by atoms with Gasteiger partial charge in [0.05, 0.1) is 19.6 Å². The number of ether oxygens (including phenoxy) is 1. The SMILES string of the molecule is CCC(CC#N)NC(C)c1ccc(F)c(OC)c1. The average molecular weight is 250 g/mol. The lowest BCUT2D eigenvalue weighted by atomic mass is 10.0. The van der Waals surface area contributed by atoms with Gasteiger partial charge in [-0.3, -0.25) is 0 Å². The van der Waals surface area contributed by atoms with E-state index in [0.717, 1.165) is 12.0 Å². The fourth-order valence-corrected chi connectivity index (χ4v) is 1.83. The van der Waals surface area contributed by atoms with Crippen LogP contribution in [0.25, 0.3) is 0 Å². The molecule has 0 aliphatic rings. The van der Waals surface area contributed by atoms with E-state index in [1.807, 2.05) is 13.8 Å². The highest BCUT2D eigenvalue weighted by Crippen LogP contribution is 2.23. The molecule has 1 rings (SSSR count). The first-order chi connectivity index (χ1) is 8.62. The molecule has 18 heavy (non-hydrogen) atoms. The number of hydrogen-bond acceptors (Lipinski definition) is 3. The molecule has 2 atom stereocenters. The lowest BCUT2D eigenvalue weighted by Gasteiger charge is -2.21. The number of rotatable bonds is 6. The fourth-order valence-electron chi connectivity index (χ4n) is 1.83. The summed E-state index contributed by atoms with van der Waals surface area (Å²) in [6, 6.07) is 7.19. The molecule has 0 aliphatic carbocycles. The van der Waals surface area contributed by atoms with E-state index < -0.39 is 0 Å². The van der Waals surface area contributed by atoms with Gasteiger partial charge in [0.15, 0.2) is 11.6 Å². The monoisotopic (exact) mass is 250 g/mol. The van der Waals surface area contributed by atoms with Gasteiger partial charge < -0.3 is 10.1 Å². The minimum absolute atomic E-state index is 0.0535. The van der Waals surface area contributed by atoms with Crippen LogP contribution in [0.15, 0.2) is 18.2 Å². The summed E-state index contributed by atoms with van der Waals surface area (Å²) in [5.41, 5.74) is 0.949. The maximum atomic E-state index is 13.3. The van der Waals surface area contributed by atoms with E-state index in [-0.39, 0.29) is 23.7 Å². The third-order valence-corrected chi connectivity index (χ3v) is 2.99. The standard InChI is InChI=1S/C14H19FN2O/c1-4-12(7-8-16)17-10(2)11-5-6-13(15)14(9-11)18-3/h5-6,9-10,12,17H,4,7H2,1-3H3. The smallest absolute Gasteiger partial charge is 0.165 e. The molecular formula is C14H19FN2O. The van der Waals surface area contributed by atoms with Gasteiger partial charge in [-0.1, -0.05) is 13.0 Å². The van der Waals surface area contributed by atoms with Gasteiger partial charge in [0.1, 0.15) is 0 Å². The van der Waals surface area contributed by atoms with Crippen molar-refractivity contribution >= 4 is 0 Å². The lowest BCUT2D eigenvalue weighted by molar-refractivity contribution is 0.383. The van der Waals surface area contributed by atoms with E-state index in [0.29, 0.717) is 6.42 Å². The van der Waals surface area contributed by atoms with E-state index in [2.05, 4.69) is 11.4 Å². The maximum Gasteiger partial charge on any atom is 0.165 e. The summed E-state index contributed by atoms with van der Waals surface area (Å²) in [6.45, 7) is 4.03. The average Bonchev–Trinajstić information content (AvgIpc) is 2.38. The third-order valence-electron chi connectivity index (χ3n) is 2.99. The predicted molar refractivity (Wildman–Crippen MR) is 68.8 cm³/mol. The Morgan fingerprint density at radius 3 is 2.78 bits per heavy atom. The summed E-state index contributed by atoms with van der Waals surface area (Å²) < 4.78 is 18.3. The van der Waals surface area contributed by atoms with Crippen molar-refractivity contribution in [3.05, 3.63) is 29.6 Å². The van der Waals surface area contributed by atoms with Crippen LogP contribution < -0.4 is 10.1 Å². The maximum absolute atomic E-state index is 13.3. The van der Waals surface area contributed by atoms with Gasteiger partial charge in [-0.15, -0.1) is 0 Å². The van der Waals surface area contributed by atoms with Crippen molar-refractivity contribution in [2.24, 2.45) is 0 Å². The summed E-state index contributed by atoms with van der Waals surface area (Å²) in [4.78, 5) is 0. The topological polar surface area (TPSA) is 45.0 Å². The normalized spacial score (nSPS) is 13.7. The van der Waals surface area contributed by atoms with Crippen LogP contribution in [0.1, 0.15) is 38.3 Å². The molecule has 1 aromatic rings. The summed E-state index contributed by atoms with van der Waals surface area (Å²) in [6.07, 6.45) is 1.36. The van der Waals surface area contributed by atoms with Crippen LogP contribution in [0.4, 0.5) is 4.39 Å². The van der Waals surface area contributed by atoms with Crippen LogP contribution in [0, 0.1) is 17.1 Å². The minimum Gasteiger partial charge on any atom is -0.494 e. The predicted octanol–water partition coefficient (Wildman–Crippen LogP) is 3.18. The van der Waals surface area contributed by atoms with Gasteiger partial charge in [0, 0.05) is 12.1 Å². The van der Waals surface area contributed by atoms with Crippen LogP contribution in [0.3, 0.4) is 0 Å². The number of hydrogen-bond donors (Lipinski definition) is 1. The summed E-state index contributed by atoms with van der Waals surface area (Å²) in [5, 5.41) is 12.1. The third kappa shape index (κ3) is 3.71. The van der Waals surface area contributed by atoms with Crippen LogP contribution >= 0.6 is 0 Å². The van der Waals surface area contributed by atoms with Crippen molar-refractivity contribution in [1.82, 2.24) is 5.32 Å². The van der Waals surface area contributed by atoms with Gasteiger partial charge in [-0.05, 0) is 31.0 Å². The molecule has 0 radical (unpaired) electrons. The summed E-state index contributed by atoms with van der Waals surface area (Å²) >= 11 is 0. The lowest BCUT2D eigenvalue weighted by Crippen LogP contribution is -2.30. The molecule has 4 heteroatoms. The highest BCUT2D eigenvalue weighted by Gasteiger charge is 2.13. The van der Waals surface area contributed by atoms with Crippen molar-refractivity contribution in [3.8, 4) is 11.8 Å². The first-order valence-corrected chi connectivity index (χ1v) is 6.08. The Morgan fingerprint density at radius 2 is 2.22 bits per heavy atom. The van der Waals surface area contributed by atoms with Crippen LogP contribution in [-0.4, -0.2) is 13.2 Å². The first kappa shape index (κ1) is 14.5. The largest absolute Gasteiger partial charge is 0.494 e. The Kier molecular flexibility index (Phi) is 5.60. The summed E-state index contributed by atoms with van der Waals surface area (Å²) in [7, 11) is 1.45. The molecule has 0 spiro atoms. The zero-order chi connectivity index (χ0) is 13.5. The fraction of sp³-hybridized carbons (Fsp3) is 0.500. The molecular weight excluding hydrogens is 231 g/mol. The zero-order valence-corrected chi connectivity index (χ0v) is 11.0. The first-order valence-electron chi connectivity index (χ1n) is 6.08. The van der Waals surface area contributed by atoms with Crippen LogP contribution in [-0.2, 0) is 0 Å². The van der Waals surface area contributed by atoms with Gasteiger partial charge in [-0.25, -0.2) is 4.39 Å². The molecule has 1 aromatic carbocycles. The van der Waals surface area contributed by atoms with Crippen LogP contribution in [0.5, 0.6) is 5.75 Å². The Bertz CT molecular complexity index is 428. The van der Waals surface area contributed by atoms with E-state index in [4.69, 9.17) is 10.00 Å². The molecule has 0 saturated carbocycles. The highest BCUT2D eigenvalue weighted by atomic mass is 19.1. The molecule has 0 bridgehead atoms. The number of benzene rings is 1. The number of nitrogens with zero attached hydrogens (tertiary/aromatic N) is 1. The number of halogens is 1. The Hall–Kier alpha value is -1.60. The Balaban J connectivity index is 2.77. The molecule has 0 aliphatic heterocycles. The second kappa shape index (κ2) is 6.97. The van der Waals surface area contributed by atoms with Gasteiger partial charge in [0.2, 0.25) is 0 Å². The van der Waals surface area contributed by atoms with Gasteiger partial charge >= 0.3 is 0 Å². The highest BCUT2D eigenvalue weighted by molar-refractivity contribution is 5.32. The van der Waals surface area contributed by atoms with Gasteiger partial charge in [0.25, 0.3) is 0 Å². The van der Waals surface area contributed by atoms with Crippen LogP contribution in [0.2, 0.25) is 0 Å². The number of nitriles is 1. The minimum atomic E-state index is -0.363. The molecule has 0 amide bonds. The zero-order valence-electron chi connectivity index (χ0n) is 11.0. The Morgan fingerprint density at radius 1 is 1.50 bits per heavy atom. The van der Waals surface area contributed by atoms with Crippen molar-refractivity contribution in [1.29, 1.82) is 5.26 Å². The molecule has 0 aromatic heterocycles. The molecule has 98 valence electrons. The summed E-state index contributed by atoms with van der Waals surface area (Å²) in [5.74, 6) is -0.119. The number of methoxy groups -OCH3 is 1.